The molecule has 32 heavy (non-hydrogen) atoms. The zero-order valence-corrected chi connectivity index (χ0v) is 18.5. The molecule has 5 rings (SSSR count). The number of anilines is 3. The Hall–Kier alpha value is -3.43. The second-order valence-electron chi connectivity index (χ2n) is 7.76. The molecular weight excluding hydrogens is 424 g/mol. The molecule has 3 heterocycles. The maximum atomic E-state index is 13.3. The van der Waals surface area contributed by atoms with Crippen LogP contribution in [0.5, 0.6) is 0 Å². The van der Waals surface area contributed by atoms with Crippen LogP contribution < -0.4 is 15.5 Å². The van der Waals surface area contributed by atoms with E-state index in [2.05, 4.69) is 37.6 Å². The smallest absolute Gasteiger partial charge is 0.269 e. The van der Waals surface area contributed by atoms with Crippen molar-refractivity contribution in [2.24, 2.45) is 0 Å². The van der Waals surface area contributed by atoms with E-state index in [0.29, 0.717) is 22.5 Å². The Morgan fingerprint density at radius 3 is 2.50 bits per heavy atom. The van der Waals surface area contributed by atoms with Gasteiger partial charge in [0.15, 0.2) is 5.65 Å². The van der Waals surface area contributed by atoms with Crippen molar-refractivity contribution in [2.45, 2.75) is 11.8 Å². The highest BCUT2D eigenvalue weighted by Gasteiger charge is 2.22. The summed E-state index contributed by atoms with van der Waals surface area (Å²) in [7, 11) is -3.77. The van der Waals surface area contributed by atoms with Crippen LogP contribution in [-0.4, -0.2) is 48.5 Å². The van der Waals surface area contributed by atoms with Crippen LogP contribution in [0.2, 0.25) is 0 Å². The third-order valence-corrected chi connectivity index (χ3v) is 7.46. The van der Waals surface area contributed by atoms with Crippen LogP contribution in [-0.2, 0) is 10.0 Å². The molecule has 2 N–H and O–H groups in total. The van der Waals surface area contributed by atoms with Crippen LogP contribution in [0.4, 0.5) is 17.3 Å². The number of aryl methyl sites for hydroxylation is 1. The third-order valence-electron chi connectivity index (χ3n) is 5.63. The molecule has 0 amide bonds. The number of hydrogen-bond acceptors (Lipinski definition) is 7. The fourth-order valence-corrected chi connectivity index (χ4v) is 5.44. The summed E-state index contributed by atoms with van der Waals surface area (Å²) in [6.07, 6.45) is 3.15. The van der Waals surface area contributed by atoms with Gasteiger partial charge in [0, 0.05) is 55.3 Å². The van der Waals surface area contributed by atoms with Crippen molar-refractivity contribution in [2.75, 3.05) is 36.4 Å². The molecule has 1 saturated heterocycles. The van der Waals surface area contributed by atoms with E-state index in [9.17, 15) is 8.42 Å². The summed E-state index contributed by atoms with van der Waals surface area (Å²) in [6.45, 7) is 5.72. The number of aromatic nitrogens is 3. The van der Waals surface area contributed by atoms with Crippen molar-refractivity contribution in [3.8, 4) is 0 Å². The fourth-order valence-electron chi connectivity index (χ4n) is 3.91. The van der Waals surface area contributed by atoms with E-state index in [1.165, 1.54) is 15.9 Å². The average Bonchev–Trinajstić information content (AvgIpc) is 3.24. The van der Waals surface area contributed by atoms with Crippen molar-refractivity contribution in [1.82, 2.24) is 19.3 Å². The number of hydrogen-bond donors (Lipinski definition) is 2. The molecule has 0 radical (unpaired) electrons. The van der Waals surface area contributed by atoms with Gasteiger partial charge in [0.1, 0.15) is 0 Å². The maximum Gasteiger partial charge on any atom is 0.269 e. The molecule has 1 aliphatic heterocycles. The number of rotatable bonds is 5. The quantitative estimate of drug-likeness (QED) is 0.485. The van der Waals surface area contributed by atoms with Crippen molar-refractivity contribution in [3.63, 3.8) is 0 Å². The van der Waals surface area contributed by atoms with Crippen LogP contribution in [0, 0.1) is 6.92 Å². The molecule has 0 atom stereocenters. The van der Waals surface area contributed by atoms with E-state index < -0.39 is 10.0 Å². The van der Waals surface area contributed by atoms with Crippen molar-refractivity contribution >= 4 is 38.4 Å². The number of piperazine rings is 1. The lowest BCUT2D eigenvalue weighted by Gasteiger charge is -2.29. The maximum absolute atomic E-state index is 13.3. The number of nitrogens with one attached hydrogen (secondary N) is 2. The van der Waals surface area contributed by atoms with Gasteiger partial charge in [-0.15, -0.1) is 0 Å². The van der Waals surface area contributed by atoms with Gasteiger partial charge in [-0.3, -0.25) is 0 Å². The first-order valence-electron chi connectivity index (χ1n) is 10.5. The molecule has 2 aromatic heterocycles. The Balaban J connectivity index is 1.43. The van der Waals surface area contributed by atoms with Crippen LogP contribution in [0.25, 0.3) is 11.0 Å². The van der Waals surface area contributed by atoms with Gasteiger partial charge in [-0.2, -0.15) is 4.98 Å². The van der Waals surface area contributed by atoms with Gasteiger partial charge in [0.25, 0.3) is 10.0 Å². The zero-order chi connectivity index (χ0) is 22.1. The first-order chi connectivity index (χ1) is 15.5. The minimum atomic E-state index is -3.77. The Kier molecular flexibility index (Phi) is 5.28. The molecule has 8 nitrogen and oxygen atoms in total. The summed E-state index contributed by atoms with van der Waals surface area (Å²) in [6, 6.07) is 16.7. The highest BCUT2D eigenvalue weighted by Crippen LogP contribution is 2.25. The molecule has 0 aliphatic carbocycles. The summed E-state index contributed by atoms with van der Waals surface area (Å²) >= 11 is 0. The summed E-state index contributed by atoms with van der Waals surface area (Å²) in [5.41, 5.74) is 3.03. The Morgan fingerprint density at radius 1 is 1.00 bits per heavy atom. The molecule has 4 aromatic rings. The van der Waals surface area contributed by atoms with Crippen LogP contribution in [0.1, 0.15) is 5.56 Å². The van der Waals surface area contributed by atoms with Crippen LogP contribution in [0.3, 0.4) is 0 Å². The minimum absolute atomic E-state index is 0.258. The monoisotopic (exact) mass is 448 g/mol. The predicted octanol–water partition coefficient (Wildman–Crippen LogP) is 3.13. The number of fused-ring (bicyclic) bond motifs is 1. The Labute approximate surface area is 187 Å². The molecule has 2 aromatic carbocycles. The molecule has 0 spiro atoms. The van der Waals surface area contributed by atoms with Gasteiger partial charge in [-0.25, -0.2) is 17.4 Å². The standard InChI is InChI=1S/C23H24N6O2S/c1-17-4-2-3-5-21(17)32(30,31)29-13-10-18-16-25-23(27-22(18)29)26-19-6-8-20(9-7-19)28-14-11-24-12-15-28/h2-10,13,16,24H,11-12,14-15H2,1H3,(H,25,26,27). The largest absolute Gasteiger partial charge is 0.369 e. The topological polar surface area (TPSA) is 92.2 Å². The zero-order valence-electron chi connectivity index (χ0n) is 17.7. The van der Waals surface area contributed by atoms with Gasteiger partial charge in [-0.1, -0.05) is 18.2 Å². The summed E-state index contributed by atoms with van der Waals surface area (Å²) < 4.78 is 27.7. The van der Waals surface area contributed by atoms with Gasteiger partial charge in [0.05, 0.1) is 4.90 Å². The second-order valence-corrected chi connectivity index (χ2v) is 9.55. The lowest BCUT2D eigenvalue weighted by atomic mass is 10.2. The normalized spacial score (nSPS) is 14.6. The van der Waals surface area contributed by atoms with E-state index in [0.717, 1.165) is 31.9 Å². The SMILES string of the molecule is Cc1ccccc1S(=O)(=O)n1ccc2cnc(Nc3ccc(N4CCNCC4)cc3)nc21. The number of nitrogens with zero attached hydrogens (tertiary/aromatic N) is 4. The van der Waals surface area contributed by atoms with Crippen molar-refractivity contribution < 1.29 is 8.42 Å². The first kappa shape index (κ1) is 20.5. The molecule has 164 valence electrons. The highest BCUT2D eigenvalue weighted by molar-refractivity contribution is 7.90. The van der Waals surface area contributed by atoms with Crippen molar-refractivity contribution in [3.05, 3.63) is 72.6 Å². The lowest BCUT2D eigenvalue weighted by molar-refractivity contribution is 0.588. The predicted molar refractivity (Wildman–Crippen MR) is 126 cm³/mol. The van der Waals surface area contributed by atoms with E-state index in [1.807, 2.05) is 18.2 Å². The third kappa shape index (κ3) is 3.80. The van der Waals surface area contributed by atoms with E-state index >= 15 is 0 Å². The highest BCUT2D eigenvalue weighted by atomic mass is 32.2. The molecule has 1 fully saturated rings. The Morgan fingerprint density at radius 2 is 1.75 bits per heavy atom. The van der Waals surface area contributed by atoms with Crippen molar-refractivity contribution in [1.29, 1.82) is 0 Å². The molecule has 0 unspecified atom stereocenters. The van der Waals surface area contributed by atoms with E-state index in [1.54, 1.807) is 37.4 Å². The lowest BCUT2D eigenvalue weighted by Crippen LogP contribution is -2.43. The summed E-state index contributed by atoms with van der Waals surface area (Å²) in [4.78, 5) is 11.5. The fraction of sp³-hybridized carbons (Fsp3) is 0.217. The molecule has 0 saturated carbocycles. The number of benzene rings is 2. The molecular formula is C23H24N6O2S. The molecule has 9 heteroatoms. The minimum Gasteiger partial charge on any atom is -0.369 e. The van der Waals surface area contributed by atoms with Gasteiger partial charge in [-0.05, 0) is 48.9 Å². The summed E-state index contributed by atoms with van der Waals surface area (Å²) in [5.74, 6) is 0.340. The first-order valence-corrected chi connectivity index (χ1v) is 11.9. The van der Waals surface area contributed by atoms with Gasteiger partial charge >= 0.3 is 0 Å². The average molecular weight is 449 g/mol. The summed E-state index contributed by atoms with van der Waals surface area (Å²) in [5, 5.41) is 7.19. The van der Waals surface area contributed by atoms with E-state index in [-0.39, 0.29) is 4.90 Å². The van der Waals surface area contributed by atoms with Gasteiger partial charge in [0.2, 0.25) is 5.95 Å². The van der Waals surface area contributed by atoms with E-state index in [4.69, 9.17) is 0 Å². The molecule has 1 aliphatic rings. The molecule has 0 bridgehead atoms. The van der Waals surface area contributed by atoms with Crippen LogP contribution >= 0.6 is 0 Å². The van der Waals surface area contributed by atoms with Gasteiger partial charge < -0.3 is 15.5 Å². The Bertz CT molecular complexity index is 1360. The second kappa shape index (κ2) is 8.25. The van der Waals surface area contributed by atoms with Crippen LogP contribution in [0.15, 0.2) is 71.9 Å².